The van der Waals surface area contributed by atoms with Crippen molar-refractivity contribution in [2.75, 3.05) is 19.6 Å². The highest BCUT2D eigenvalue weighted by Crippen LogP contribution is 2.22. The van der Waals surface area contributed by atoms with Crippen molar-refractivity contribution in [1.29, 1.82) is 0 Å². The minimum Gasteiger partial charge on any atom is -0.323 e. The number of urea groups is 1. The van der Waals surface area contributed by atoms with E-state index in [1.807, 2.05) is 37.3 Å². The maximum atomic E-state index is 12.2. The van der Waals surface area contributed by atoms with Gasteiger partial charge in [0.25, 0.3) is 0 Å². The van der Waals surface area contributed by atoms with Gasteiger partial charge in [0.05, 0.1) is 6.04 Å². The predicted octanol–water partition coefficient (Wildman–Crippen LogP) is 1.19. The number of carbonyl (C=O) groups is 1. The van der Waals surface area contributed by atoms with Crippen molar-refractivity contribution >= 4 is 6.03 Å². The van der Waals surface area contributed by atoms with Crippen LogP contribution in [0.25, 0.3) is 11.4 Å². The highest BCUT2D eigenvalue weighted by Gasteiger charge is 2.27. The molecule has 128 valence electrons. The summed E-state index contributed by atoms with van der Waals surface area (Å²) in [5.41, 5.74) is 0.662. The molecule has 0 aliphatic carbocycles. The van der Waals surface area contributed by atoms with Gasteiger partial charge in [0.15, 0.2) is 5.82 Å². The molecule has 1 aliphatic heterocycles. The minimum atomic E-state index is -0.215. The van der Waals surface area contributed by atoms with E-state index < -0.39 is 0 Å². The molecule has 0 bridgehead atoms. The highest BCUT2D eigenvalue weighted by atomic mass is 16.2. The first-order chi connectivity index (χ1) is 11.6. The summed E-state index contributed by atoms with van der Waals surface area (Å²) < 4.78 is 1.50. The number of aromatic nitrogens is 3. The summed E-state index contributed by atoms with van der Waals surface area (Å²) in [7, 11) is 0. The fraction of sp³-hybridized carbons (Fsp3) is 0.438. The molecular formula is C16H22N6O2. The van der Waals surface area contributed by atoms with Crippen molar-refractivity contribution in [3.8, 4) is 11.4 Å². The van der Waals surface area contributed by atoms with Gasteiger partial charge in [-0.15, -0.1) is 5.10 Å². The van der Waals surface area contributed by atoms with Crippen molar-refractivity contribution < 1.29 is 4.79 Å². The summed E-state index contributed by atoms with van der Waals surface area (Å²) in [6.07, 6.45) is 1.37. The average molecular weight is 330 g/mol. The Balaban J connectivity index is 1.70. The maximum Gasteiger partial charge on any atom is 0.343 e. The van der Waals surface area contributed by atoms with Gasteiger partial charge in [0.2, 0.25) is 0 Å². The molecule has 1 aromatic carbocycles. The van der Waals surface area contributed by atoms with Crippen LogP contribution in [-0.4, -0.2) is 50.3 Å². The average Bonchev–Trinajstić information content (AvgIpc) is 3.03. The van der Waals surface area contributed by atoms with Gasteiger partial charge in [-0.1, -0.05) is 30.3 Å². The lowest BCUT2D eigenvalue weighted by atomic mass is 10.1. The van der Waals surface area contributed by atoms with E-state index in [9.17, 15) is 9.59 Å². The lowest BCUT2D eigenvalue weighted by Gasteiger charge is -2.33. The number of amides is 2. The summed E-state index contributed by atoms with van der Waals surface area (Å²) in [5, 5.41) is 5.64. The Morgan fingerprint density at radius 3 is 2.62 bits per heavy atom. The first kappa shape index (κ1) is 16.3. The van der Waals surface area contributed by atoms with Crippen molar-refractivity contribution in [2.24, 2.45) is 5.84 Å². The van der Waals surface area contributed by atoms with Crippen LogP contribution in [0.4, 0.5) is 4.79 Å². The SMILES string of the molecule is CCN(N)C(=O)N1CCC(n2nc(-c3ccccc3)[nH]c2=O)CC1. The van der Waals surface area contributed by atoms with Crippen LogP contribution in [0.2, 0.25) is 0 Å². The molecule has 2 aromatic rings. The summed E-state index contributed by atoms with van der Waals surface area (Å²) in [4.78, 5) is 28.8. The third kappa shape index (κ3) is 3.18. The quantitative estimate of drug-likeness (QED) is 0.501. The Hall–Kier alpha value is -2.61. The van der Waals surface area contributed by atoms with Crippen molar-refractivity contribution in [3.63, 3.8) is 0 Å². The lowest BCUT2D eigenvalue weighted by Crippen LogP contribution is -2.50. The molecular weight excluding hydrogens is 308 g/mol. The van der Waals surface area contributed by atoms with Gasteiger partial charge in [0.1, 0.15) is 0 Å². The molecule has 0 radical (unpaired) electrons. The van der Waals surface area contributed by atoms with Crippen LogP contribution in [0.5, 0.6) is 0 Å². The van der Waals surface area contributed by atoms with Crippen LogP contribution in [0.15, 0.2) is 35.1 Å². The molecule has 0 unspecified atom stereocenters. The Labute approximate surface area is 139 Å². The topological polar surface area (TPSA) is 100 Å². The molecule has 3 rings (SSSR count). The fourth-order valence-electron chi connectivity index (χ4n) is 2.93. The van der Waals surface area contributed by atoms with Gasteiger partial charge in [0, 0.05) is 25.2 Å². The molecule has 1 fully saturated rings. The molecule has 1 aliphatic rings. The van der Waals surface area contributed by atoms with Crippen molar-refractivity contribution in [2.45, 2.75) is 25.8 Å². The number of piperidine rings is 1. The third-order valence-corrected chi connectivity index (χ3v) is 4.36. The van der Waals surface area contributed by atoms with Crippen molar-refractivity contribution in [1.82, 2.24) is 24.7 Å². The monoisotopic (exact) mass is 330 g/mol. The number of hydrogen-bond acceptors (Lipinski definition) is 4. The van der Waals surface area contributed by atoms with Crippen LogP contribution < -0.4 is 11.5 Å². The Morgan fingerprint density at radius 2 is 2.00 bits per heavy atom. The molecule has 24 heavy (non-hydrogen) atoms. The van der Waals surface area contributed by atoms with E-state index in [1.54, 1.807) is 4.90 Å². The van der Waals surface area contributed by atoms with Crippen LogP contribution in [0.1, 0.15) is 25.8 Å². The molecule has 2 amide bonds. The second kappa shape index (κ2) is 6.88. The van der Waals surface area contributed by atoms with Crippen LogP contribution in [-0.2, 0) is 0 Å². The second-order valence-corrected chi connectivity index (χ2v) is 5.88. The molecule has 2 heterocycles. The third-order valence-electron chi connectivity index (χ3n) is 4.36. The molecule has 8 heteroatoms. The first-order valence-corrected chi connectivity index (χ1v) is 8.15. The van der Waals surface area contributed by atoms with E-state index in [4.69, 9.17) is 5.84 Å². The molecule has 0 spiro atoms. The molecule has 1 saturated heterocycles. The zero-order valence-electron chi connectivity index (χ0n) is 13.7. The number of hydrogen-bond donors (Lipinski definition) is 2. The number of carbonyl (C=O) groups excluding carboxylic acids is 1. The van der Waals surface area contributed by atoms with E-state index >= 15 is 0 Å². The molecule has 8 nitrogen and oxygen atoms in total. The summed E-state index contributed by atoms with van der Waals surface area (Å²) in [5.74, 6) is 6.22. The van der Waals surface area contributed by atoms with Gasteiger partial charge in [-0.3, -0.25) is 9.99 Å². The van der Waals surface area contributed by atoms with Gasteiger partial charge < -0.3 is 4.90 Å². The summed E-state index contributed by atoms with van der Waals surface area (Å²) in [6, 6.07) is 9.36. The summed E-state index contributed by atoms with van der Waals surface area (Å²) >= 11 is 0. The van der Waals surface area contributed by atoms with Gasteiger partial charge in [-0.2, -0.15) is 0 Å². The number of nitrogens with one attached hydrogen (secondary N) is 1. The minimum absolute atomic E-state index is 0.0110. The molecule has 3 N–H and O–H groups in total. The van der Waals surface area contributed by atoms with E-state index in [1.165, 1.54) is 9.69 Å². The Kier molecular flexibility index (Phi) is 4.66. The van der Waals surface area contributed by atoms with E-state index in [-0.39, 0.29) is 17.8 Å². The molecule has 1 aromatic heterocycles. The Bertz CT molecular complexity index is 745. The van der Waals surface area contributed by atoms with Gasteiger partial charge in [-0.25, -0.2) is 20.1 Å². The van der Waals surface area contributed by atoms with Crippen LogP contribution >= 0.6 is 0 Å². The number of likely N-dealkylation sites (tertiary alicyclic amines) is 1. The highest BCUT2D eigenvalue weighted by molar-refractivity contribution is 5.73. The number of hydrazine groups is 1. The van der Waals surface area contributed by atoms with Crippen molar-refractivity contribution in [3.05, 3.63) is 40.8 Å². The number of rotatable bonds is 3. The smallest absolute Gasteiger partial charge is 0.323 e. The fourth-order valence-corrected chi connectivity index (χ4v) is 2.93. The zero-order valence-corrected chi connectivity index (χ0v) is 13.7. The summed E-state index contributed by atoms with van der Waals surface area (Å²) in [6.45, 7) is 3.44. The van der Waals surface area contributed by atoms with E-state index in [0.717, 1.165) is 5.56 Å². The number of nitrogens with zero attached hydrogens (tertiary/aromatic N) is 4. The van der Waals surface area contributed by atoms with Crippen LogP contribution in [0.3, 0.4) is 0 Å². The number of benzene rings is 1. The second-order valence-electron chi connectivity index (χ2n) is 5.88. The number of aromatic amines is 1. The normalized spacial score (nSPS) is 15.5. The van der Waals surface area contributed by atoms with Gasteiger partial charge in [-0.05, 0) is 19.8 Å². The lowest BCUT2D eigenvalue weighted by molar-refractivity contribution is 0.133. The van der Waals surface area contributed by atoms with Crippen LogP contribution in [0, 0.1) is 0 Å². The molecule has 0 saturated carbocycles. The Morgan fingerprint density at radius 1 is 1.33 bits per heavy atom. The van der Waals surface area contributed by atoms with E-state index in [0.29, 0.717) is 38.3 Å². The first-order valence-electron chi connectivity index (χ1n) is 8.15. The van der Waals surface area contributed by atoms with E-state index in [2.05, 4.69) is 10.1 Å². The zero-order chi connectivity index (χ0) is 17.1. The maximum absolute atomic E-state index is 12.2. The van der Waals surface area contributed by atoms with Gasteiger partial charge >= 0.3 is 11.7 Å². The number of nitrogens with two attached hydrogens (primary N) is 1. The molecule has 0 atom stereocenters. The number of H-pyrrole nitrogens is 1. The predicted molar refractivity (Wildman–Crippen MR) is 90.1 cm³/mol. The standard InChI is InChI=1S/C16H22N6O2/c1-2-21(17)16(24)20-10-8-13(9-11-20)22-15(23)18-14(19-22)12-6-4-3-5-7-12/h3-7,13H,2,8-11,17H2,1H3,(H,18,19,23). The largest absolute Gasteiger partial charge is 0.343 e.